The summed E-state index contributed by atoms with van der Waals surface area (Å²) < 4.78 is 0. The molecule has 0 spiro atoms. The predicted molar refractivity (Wildman–Crippen MR) is 89.7 cm³/mol. The maximum Gasteiger partial charge on any atom is 0.319 e. The van der Waals surface area contributed by atoms with Gasteiger partial charge in [-0.3, -0.25) is 4.79 Å². The van der Waals surface area contributed by atoms with Crippen molar-refractivity contribution in [3.05, 3.63) is 29.8 Å². The standard InChI is InChI=1S/C17H25N3O3/c1-12(21)11-18-17(23)19-15-5-3-4-14(10-15)16(22)13-6-8-20(2)9-7-13/h3-5,10,12-13,21H,6-9,11H2,1-2H3,(H2,18,19,23). The molecule has 1 saturated heterocycles. The number of nitrogens with zero attached hydrogens (tertiary/aromatic N) is 1. The third-order valence-corrected chi connectivity index (χ3v) is 4.05. The zero-order valence-corrected chi connectivity index (χ0v) is 13.7. The third kappa shape index (κ3) is 5.33. The highest BCUT2D eigenvalue weighted by Gasteiger charge is 2.24. The van der Waals surface area contributed by atoms with Crippen LogP contribution >= 0.6 is 0 Å². The molecule has 1 aromatic rings. The van der Waals surface area contributed by atoms with Crippen LogP contribution in [0.4, 0.5) is 10.5 Å². The maximum atomic E-state index is 12.6. The molecule has 1 aliphatic heterocycles. The van der Waals surface area contributed by atoms with Crippen LogP contribution in [-0.4, -0.2) is 54.6 Å². The van der Waals surface area contributed by atoms with Crippen molar-refractivity contribution in [3.63, 3.8) is 0 Å². The largest absolute Gasteiger partial charge is 0.392 e. The minimum Gasteiger partial charge on any atom is -0.392 e. The number of rotatable bonds is 5. The molecule has 1 aromatic carbocycles. The highest BCUT2D eigenvalue weighted by atomic mass is 16.3. The second-order valence-corrected chi connectivity index (χ2v) is 6.21. The summed E-state index contributed by atoms with van der Waals surface area (Å²) >= 11 is 0. The SMILES string of the molecule is CC(O)CNC(=O)Nc1cccc(C(=O)C2CCN(C)CC2)c1. The van der Waals surface area contributed by atoms with Crippen molar-refractivity contribution in [1.29, 1.82) is 0 Å². The molecule has 1 heterocycles. The predicted octanol–water partition coefficient (Wildman–Crippen LogP) is 1.71. The number of hydrogen-bond acceptors (Lipinski definition) is 4. The number of Topliss-reactive ketones (excluding diaryl/α,β-unsaturated/α-hetero) is 1. The lowest BCUT2D eigenvalue weighted by molar-refractivity contribution is 0.0857. The van der Waals surface area contributed by atoms with Crippen molar-refractivity contribution in [1.82, 2.24) is 10.2 Å². The van der Waals surface area contributed by atoms with Crippen molar-refractivity contribution in [2.75, 3.05) is 32.0 Å². The van der Waals surface area contributed by atoms with E-state index in [-0.39, 0.29) is 18.2 Å². The number of hydrogen-bond donors (Lipinski definition) is 3. The molecule has 0 radical (unpaired) electrons. The number of ketones is 1. The highest BCUT2D eigenvalue weighted by Crippen LogP contribution is 2.22. The van der Waals surface area contributed by atoms with Gasteiger partial charge in [-0.1, -0.05) is 12.1 Å². The minimum absolute atomic E-state index is 0.0607. The Labute approximate surface area is 136 Å². The molecule has 6 nitrogen and oxygen atoms in total. The van der Waals surface area contributed by atoms with Gasteiger partial charge in [0.1, 0.15) is 0 Å². The lowest BCUT2D eigenvalue weighted by atomic mass is 9.89. The smallest absolute Gasteiger partial charge is 0.319 e. The number of aliphatic hydroxyl groups is 1. The molecule has 1 aliphatic rings. The molecule has 0 aliphatic carbocycles. The summed E-state index contributed by atoms with van der Waals surface area (Å²) in [5, 5.41) is 14.4. The average Bonchev–Trinajstić information content (AvgIpc) is 2.53. The van der Waals surface area contributed by atoms with E-state index in [2.05, 4.69) is 22.6 Å². The molecule has 1 fully saturated rings. The first-order chi connectivity index (χ1) is 11.0. The van der Waals surface area contributed by atoms with E-state index in [0.29, 0.717) is 11.3 Å². The Balaban J connectivity index is 1.96. The van der Waals surface area contributed by atoms with Crippen LogP contribution in [-0.2, 0) is 0 Å². The molecular weight excluding hydrogens is 294 g/mol. The van der Waals surface area contributed by atoms with Gasteiger partial charge in [0.2, 0.25) is 0 Å². The molecular formula is C17H25N3O3. The Kier molecular flexibility index (Phi) is 6.12. The lowest BCUT2D eigenvalue weighted by Gasteiger charge is -2.28. The number of piperidine rings is 1. The number of aliphatic hydroxyl groups excluding tert-OH is 1. The van der Waals surface area contributed by atoms with Crippen LogP contribution in [0.25, 0.3) is 0 Å². The summed E-state index contributed by atoms with van der Waals surface area (Å²) in [6.45, 7) is 3.66. The summed E-state index contributed by atoms with van der Waals surface area (Å²) in [4.78, 5) is 26.5. The molecule has 0 saturated carbocycles. The molecule has 2 rings (SSSR count). The fourth-order valence-corrected chi connectivity index (χ4v) is 2.67. The fraction of sp³-hybridized carbons (Fsp3) is 0.529. The number of carbonyl (C=O) groups is 2. The van der Waals surface area contributed by atoms with Gasteiger partial charge in [-0.05, 0) is 52.0 Å². The van der Waals surface area contributed by atoms with E-state index in [4.69, 9.17) is 5.11 Å². The van der Waals surface area contributed by atoms with Crippen molar-refractivity contribution in [2.24, 2.45) is 5.92 Å². The quantitative estimate of drug-likeness (QED) is 0.722. The van der Waals surface area contributed by atoms with Gasteiger partial charge in [0, 0.05) is 23.7 Å². The van der Waals surface area contributed by atoms with Crippen LogP contribution in [0.1, 0.15) is 30.1 Å². The average molecular weight is 319 g/mol. The van der Waals surface area contributed by atoms with Gasteiger partial charge >= 0.3 is 6.03 Å². The van der Waals surface area contributed by atoms with Crippen molar-refractivity contribution < 1.29 is 14.7 Å². The summed E-state index contributed by atoms with van der Waals surface area (Å²) in [6.07, 6.45) is 1.15. The van der Waals surface area contributed by atoms with E-state index >= 15 is 0 Å². The first kappa shape index (κ1) is 17.4. The fourth-order valence-electron chi connectivity index (χ4n) is 2.67. The van der Waals surface area contributed by atoms with Crippen molar-refractivity contribution >= 4 is 17.5 Å². The number of carbonyl (C=O) groups excluding carboxylic acids is 2. The van der Waals surface area contributed by atoms with E-state index in [1.54, 1.807) is 31.2 Å². The molecule has 126 valence electrons. The number of benzene rings is 1. The van der Waals surface area contributed by atoms with E-state index in [1.165, 1.54) is 0 Å². The van der Waals surface area contributed by atoms with Gasteiger partial charge in [-0.25, -0.2) is 4.79 Å². The van der Waals surface area contributed by atoms with Crippen LogP contribution in [0.15, 0.2) is 24.3 Å². The third-order valence-electron chi connectivity index (χ3n) is 4.05. The van der Waals surface area contributed by atoms with E-state index in [9.17, 15) is 9.59 Å². The van der Waals surface area contributed by atoms with E-state index < -0.39 is 12.1 Å². The Morgan fingerprint density at radius 3 is 2.70 bits per heavy atom. The first-order valence-corrected chi connectivity index (χ1v) is 8.01. The van der Waals surface area contributed by atoms with Gasteiger partial charge in [0.25, 0.3) is 0 Å². The zero-order valence-electron chi connectivity index (χ0n) is 13.7. The number of nitrogens with one attached hydrogen (secondary N) is 2. The topological polar surface area (TPSA) is 81.7 Å². The number of amides is 2. The van der Waals surface area contributed by atoms with Gasteiger partial charge in [-0.15, -0.1) is 0 Å². The Morgan fingerprint density at radius 2 is 2.04 bits per heavy atom. The van der Waals surface area contributed by atoms with Gasteiger partial charge < -0.3 is 20.6 Å². The first-order valence-electron chi connectivity index (χ1n) is 8.01. The van der Waals surface area contributed by atoms with Crippen LogP contribution < -0.4 is 10.6 Å². The van der Waals surface area contributed by atoms with Crippen molar-refractivity contribution in [2.45, 2.75) is 25.9 Å². The Morgan fingerprint density at radius 1 is 1.35 bits per heavy atom. The highest BCUT2D eigenvalue weighted by molar-refractivity contribution is 5.99. The molecule has 0 aromatic heterocycles. The van der Waals surface area contributed by atoms with Gasteiger partial charge in [0.15, 0.2) is 5.78 Å². The maximum absolute atomic E-state index is 12.6. The molecule has 1 atom stereocenters. The Hall–Kier alpha value is -1.92. The number of anilines is 1. The lowest BCUT2D eigenvalue weighted by Crippen LogP contribution is -2.34. The van der Waals surface area contributed by atoms with Crippen LogP contribution in [0.2, 0.25) is 0 Å². The minimum atomic E-state index is -0.599. The van der Waals surface area contributed by atoms with Crippen LogP contribution in [0.5, 0.6) is 0 Å². The van der Waals surface area contributed by atoms with Gasteiger partial charge in [-0.2, -0.15) is 0 Å². The second-order valence-electron chi connectivity index (χ2n) is 6.21. The molecule has 23 heavy (non-hydrogen) atoms. The number of urea groups is 1. The normalized spacial score (nSPS) is 17.5. The van der Waals surface area contributed by atoms with Crippen molar-refractivity contribution in [3.8, 4) is 0 Å². The molecule has 1 unspecified atom stereocenters. The van der Waals surface area contributed by atoms with Gasteiger partial charge in [0.05, 0.1) is 6.10 Å². The molecule has 3 N–H and O–H groups in total. The summed E-state index contributed by atoms with van der Waals surface area (Å²) in [5.74, 6) is 0.205. The summed E-state index contributed by atoms with van der Waals surface area (Å²) in [7, 11) is 2.07. The number of likely N-dealkylation sites (tertiary alicyclic amines) is 1. The van der Waals surface area contributed by atoms with E-state index in [0.717, 1.165) is 25.9 Å². The van der Waals surface area contributed by atoms with Crippen LogP contribution in [0, 0.1) is 5.92 Å². The molecule has 0 bridgehead atoms. The molecule has 2 amide bonds. The monoisotopic (exact) mass is 319 g/mol. The van der Waals surface area contributed by atoms with E-state index in [1.807, 2.05) is 0 Å². The second kappa shape index (κ2) is 8.08. The van der Waals surface area contributed by atoms with Crippen LogP contribution in [0.3, 0.4) is 0 Å². The summed E-state index contributed by atoms with van der Waals surface area (Å²) in [5.41, 5.74) is 1.21. The Bertz CT molecular complexity index is 552. The summed E-state index contributed by atoms with van der Waals surface area (Å²) in [6, 6.07) is 6.62. The zero-order chi connectivity index (χ0) is 16.8. The molecule has 6 heteroatoms.